The lowest BCUT2D eigenvalue weighted by atomic mass is 9.89. The lowest BCUT2D eigenvalue weighted by Gasteiger charge is -2.24. The van der Waals surface area contributed by atoms with Crippen LogP contribution in [0.25, 0.3) is 28.6 Å². The SMILES string of the molecule is CC[C@@H](C)c1cc(-c2ccccc2)nc(-c2ccc(F)cc2)c1/C=C/[C@@H]1C[C@@H](O)CC(=O)O1. The number of aliphatic hydroxyl groups excluding tert-OH is 1. The minimum atomic E-state index is -0.704. The Kier molecular flexibility index (Phi) is 6.99. The Labute approximate surface area is 193 Å². The van der Waals surface area contributed by atoms with Crippen LogP contribution in [0.15, 0.2) is 66.7 Å². The van der Waals surface area contributed by atoms with Gasteiger partial charge in [0, 0.05) is 23.1 Å². The van der Waals surface area contributed by atoms with Crippen molar-refractivity contribution in [3.05, 3.63) is 83.7 Å². The highest BCUT2D eigenvalue weighted by molar-refractivity contribution is 5.78. The Hall–Kier alpha value is -3.31. The highest BCUT2D eigenvalue weighted by Gasteiger charge is 2.26. The molecule has 170 valence electrons. The molecular formula is C28H28FNO3. The van der Waals surface area contributed by atoms with Gasteiger partial charge in [0.2, 0.25) is 0 Å². The fourth-order valence-corrected chi connectivity index (χ4v) is 4.09. The van der Waals surface area contributed by atoms with Crippen LogP contribution in [-0.4, -0.2) is 28.3 Å². The zero-order valence-corrected chi connectivity index (χ0v) is 18.9. The molecule has 0 aliphatic carbocycles. The predicted molar refractivity (Wildman–Crippen MR) is 128 cm³/mol. The van der Waals surface area contributed by atoms with Crippen LogP contribution in [0.1, 0.15) is 50.2 Å². The molecule has 2 aromatic carbocycles. The molecule has 2 heterocycles. The summed E-state index contributed by atoms with van der Waals surface area (Å²) in [6.45, 7) is 4.30. The Bertz CT molecular complexity index is 1140. The number of esters is 1. The summed E-state index contributed by atoms with van der Waals surface area (Å²) in [7, 11) is 0. The van der Waals surface area contributed by atoms with Gasteiger partial charge in [-0.2, -0.15) is 0 Å². The van der Waals surface area contributed by atoms with E-state index in [9.17, 15) is 14.3 Å². The van der Waals surface area contributed by atoms with Crippen molar-refractivity contribution in [1.29, 1.82) is 0 Å². The van der Waals surface area contributed by atoms with Gasteiger partial charge in [-0.25, -0.2) is 9.37 Å². The van der Waals surface area contributed by atoms with Crippen LogP contribution in [0, 0.1) is 5.82 Å². The van der Waals surface area contributed by atoms with E-state index in [-0.39, 0.29) is 18.2 Å². The number of carbonyl (C=O) groups is 1. The largest absolute Gasteiger partial charge is 0.458 e. The standard InChI is InChI=1S/C28H28FNO3/c1-3-18(2)25-17-26(19-7-5-4-6-8-19)30-28(20-9-11-21(29)12-10-20)24(25)14-13-23-15-22(31)16-27(32)33-23/h4-14,17-18,22-23,31H,3,15-16H2,1-2H3/b14-13+/t18-,22-,23-/m1/s1. The number of rotatable bonds is 6. The highest BCUT2D eigenvalue weighted by atomic mass is 19.1. The number of aromatic nitrogens is 1. The molecule has 1 fully saturated rings. The number of halogens is 1. The van der Waals surface area contributed by atoms with E-state index in [2.05, 4.69) is 19.9 Å². The van der Waals surface area contributed by atoms with Crippen LogP contribution >= 0.6 is 0 Å². The molecule has 0 amide bonds. The zero-order valence-electron chi connectivity index (χ0n) is 18.9. The average Bonchev–Trinajstić information content (AvgIpc) is 2.82. The number of carbonyl (C=O) groups excluding carboxylic acids is 1. The monoisotopic (exact) mass is 445 g/mol. The van der Waals surface area contributed by atoms with Crippen molar-refractivity contribution in [3.63, 3.8) is 0 Å². The lowest BCUT2D eigenvalue weighted by molar-refractivity contribution is -0.156. The lowest BCUT2D eigenvalue weighted by Crippen LogP contribution is -2.31. The second kappa shape index (κ2) is 10.1. The summed E-state index contributed by atoms with van der Waals surface area (Å²) in [6, 6.07) is 18.4. The fourth-order valence-electron chi connectivity index (χ4n) is 4.09. The van der Waals surface area contributed by atoms with Crippen molar-refractivity contribution in [3.8, 4) is 22.5 Å². The van der Waals surface area contributed by atoms with Crippen LogP contribution in [-0.2, 0) is 9.53 Å². The van der Waals surface area contributed by atoms with Crippen molar-refractivity contribution in [2.75, 3.05) is 0 Å². The minimum absolute atomic E-state index is 0.0244. The molecule has 5 heteroatoms. The first-order valence-electron chi connectivity index (χ1n) is 11.4. The van der Waals surface area contributed by atoms with E-state index in [1.54, 1.807) is 12.1 Å². The number of hydrogen-bond acceptors (Lipinski definition) is 4. The fraction of sp³-hybridized carbons (Fsp3) is 0.286. The van der Waals surface area contributed by atoms with E-state index >= 15 is 0 Å². The summed E-state index contributed by atoms with van der Waals surface area (Å²) in [5, 5.41) is 9.97. The van der Waals surface area contributed by atoms with Crippen LogP contribution < -0.4 is 0 Å². The van der Waals surface area contributed by atoms with E-state index in [4.69, 9.17) is 9.72 Å². The van der Waals surface area contributed by atoms with E-state index < -0.39 is 18.2 Å². The van der Waals surface area contributed by atoms with Crippen LogP contribution in [0.4, 0.5) is 4.39 Å². The normalized spacial score (nSPS) is 19.5. The summed E-state index contributed by atoms with van der Waals surface area (Å²) < 4.78 is 19.1. The third kappa shape index (κ3) is 5.37. The van der Waals surface area contributed by atoms with Crippen molar-refractivity contribution >= 4 is 12.0 Å². The highest BCUT2D eigenvalue weighted by Crippen LogP contribution is 2.35. The smallest absolute Gasteiger partial charge is 0.309 e. The maximum absolute atomic E-state index is 13.7. The molecule has 3 atom stereocenters. The van der Waals surface area contributed by atoms with Crippen molar-refractivity contribution in [2.24, 2.45) is 0 Å². The summed E-state index contributed by atoms with van der Waals surface area (Å²) >= 11 is 0. The second-order valence-corrected chi connectivity index (χ2v) is 8.52. The number of cyclic esters (lactones) is 1. The van der Waals surface area contributed by atoms with Crippen LogP contribution in [0.5, 0.6) is 0 Å². The summed E-state index contributed by atoms with van der Waals surface area (Å²) in [5.41, 5.74) is 5.42. The van der Waals surface area contributed by atoms with Gasteiger partial charge in [-0.15, -0.1) is 0 Å². The van der Waals surface area contributed by atoms with Gasteiger partial charge in [-0.1, -0.05) is 50.3 Å². The van der Waals surface area contributed by atoms with Crippen molar-refractivity contribution in [1.82, 2.24) is 4.98 Å². The molecule has 4 rings (SSSR count). The maximum atomic E-state index is 13.7. The molecule has 0 saturated carbocycles. The quantitative estimate of drug-likeness (QED) is 0.463. The maximum Gasteiger partial charge on any atom is 0.309 e. The van der Waals surface area contributed by atoms with Gasteiger partial charge >= 0.3 is 5.97 Å². The van der Waals surface area contributed by atoms with Crippen LogP contribution in [0.3, 0.4) is 0 Å². The molecule has 3 aromatic rings. The Morgan fingerprint density at radius 2 is 1.88 bits per heavy atom. The molecule has 4 nitrogen and oxygen atoms in total. The molecule has 33 heavy (non-hydrogen) atoms. The van der Waals surface area contributed by atoms with Gasteiger partial charge in [0.25, 0.3) is 0 Å². The van der Waals surface area contributed by atoms with E-state index in [1.165, 1.54) is 12.1 Å². The Morgan fingerprint density at radius 1 is 1.15 bits per heavy atom. The number of ether oxygens (including phenoxy) is 1. The number of hydrogen-bond donors (Lipinski definition) is 1. The molecular weight excluding hydrogens is 417 g/mol. The van der Waals surface area contributed by atoms with E-state index in [1.807, 2.05) is 42.5 Å². The van der Waals surface area contributed by atoms with Crippen LogP contribution in [0.2, 0.25) is 0 Å². The van der Waals surface area contributed by atoms with Gasteiger partial charge in [0.1, 0.15) is 11.9 Å². The molecule has 0 unspecified atom stereocenters. The first-order chi connectivity index (χ1) is 15.9. The Morgan fingerprint density at radius 3 is 2.55 bits per heavy atom. The van der Waals surface area contributed by atoms with Gasteiger partial charge in [0.05, 0.1) is 23.9 Å². The van der Waals surface area contributed by atoms with E-state index in [0.29, 0.717) is 6.42 Å². The second-order valence-electron chi connectivity index (χ2n) is 8.52. The number of nitrogens with zero attached hydrogens (tertiary/aromatic N) is 1. The molecule has 1 N–H and O–H groups in total. The molecule has 1 aliphatic rings. The third-order valence-electron chi connectivity index (χ3n) is 6.09. The predicted octanol–water partition coefficient (Wildman–Crippen LogP) is 6.15. The molecule has 0 radical (unpaired) electrons. The molecule has 1 saturated heterocycles. The van der Waals surface area contributed by atoms with Gasteiger partial charge in [-0.05, 0) is 54.3 Å². The zero-order chi connectivity index (χ0) is 23.4. The average molecular weight is 446 g/mol. The molecule has 1 aliphatic heterocycles. The summed E-state index contributed by atoms with van der Waals surface area (Å²) in [4.78, 5) is 16.8. The van der Waals surface area contributed by atoms with Crippen molar-refractivity contribution < 1.29 is 19.0 Å². The Balaban J connectivity index is 1.87. The third-order valence-corrected chi connectivity index (χ3v) is 6.09. The molecule has 1 aromatic heterocycles. The first-order valence-corrected chi connectivity index (χ1v) is 11.4. The molecule has 0 bridgehead atoms. The van der Waals surface area contributed by atoms with Gasteiger partial charge in [0.15, 0.2) is 0 Å². The number of pyridine rings is 1. The molecule has 0 spiro atoms. The van der Waals surface area contributed by atoms with Gasteiger partial charge < -0.3 is 9.84 Å². The number of benzene rings is 2. The minimum Gasteiger partial charge on any atom is -0.458 e. The van der Waals surface area contributed by atoms with Gasteiger partial charge in [-0.3, -0.25) is 4.79 Å². The topological polar surface area (TPSA) is 59.4 Å². The number of aliphatic hydroxyl groups is 1. The summed E-state index contributed by atoms with van der Waals surface area (Å²) in [5.74, 6) is -0.462. The van der Waals surface area contributed by atoms with E-state index in [0.717, 1.165) is 40.1 Å². The van der Waals surface area contributed by atoms with Crippen molar-refractivity contribution in [2.45, 2.75) is 51.2 Å². The summed E-state index contributed by atoms with van der Waals surface area (Å²) in [6.07, 6.45) is 3.86. The first kappa shape index (κ1) is 22.9.